The lowest BCUT2D eigenvalue weighted by molar-refractivity contribution is -0.854. The lowest BCUT2D eigenvalue weighted by Gasteiger charge is -2.36. The van der Waals surface area contributed by atoms with Crippen LogP contribution in [-0.4, -0.2) is 40.5 Å². The zero-order valence-corrected chi connectivity index (χ0v) is 19.9. The van der Waals surface area contributed by atoms with Crippen molar-refractivity contribution in [3.63, 3.8) is 0 Å². The third-order valence-electron chi connectivity index (χ3n) is 5.71. The van der Waals surface area contributed by atoms with Crippen LogP contribution >= 0.6 is 0 Å². The van der Waals surface area contributed by atoms with E-state index >= 15 is 0 Å². The summed E-state index contributed by atoms with van der Waals surface area (Å²) in [6.07, 6.45) is 0. The number of rotatable bonds is 7. The maximum atomic E-state index is 3.90. The van der Waals surface area contributed by atoms with Gasteiger partial charge < -0.3 is 28.8 Å². The predicted octanol–water partition coefficient (Wildman–Crippen LogP) is 1.16. The van der Waals surface area contributed by atoms with Crippen LogP contribution in [0.5, 0.6) is 0 Å². The first-order chi connectivity index (χ1) is 13.7. The van der Waals surface area contributed by atoms with Crippen LogP contribution in [0.2, 0.25) is 0 Å². The zero-order valence-electron chi connectivity index (χ0n) is 19.1. The van der Waals surface area contributed by atoms with E-state index in [9.17, 15) is 0 Å². The average molecular weight is 458 g/mol. The Morgan fingerprint density at radius 2 is 0.875 bits per heavy atom. The van der Waals surface area contributed by atoms with Gasteiger partial charge in [-0.15, -0.1) is 0 Å². The van der Waals surface area contributed by atoms with Gasteiger partial charge in [0.2, 0.25) is 0 Å². The molecule has 3 aromatic carbocycles. The molecule has 0 amide bonds. The first-order valence-corrected chi connectivity index (χ1v) is 10.3. The van der Waals surface area contributed by atoms with Gasteiger partial charge in [0, 0.05) is 11.1 Å². The van der Waals surface area contributed by atoms with E-state index < -0.39 is 0 Å². The second-order valence-corrected chi connectivity index (χ2v) is 7.04. The minimum atomic E-state index is 0. The van der Waals surface area contributed by atoms with Crippen molar-refractivity contribution in [3.8, 4) is 0 Å². The molecule has 0 unspecified atom stereocenters. The predicted molar refractivity (Wildman–Crippen MR) is 131 cm³/mol. The van der Waals surface area contributed by atoms with Crippen molar-refractivity contribution in [1.82, 2.24) is 0 Å². The van der Waals surface area contributed by atoms with Crippen molar-refractivity contribution in [3.05, 3.63) is 113 Å². The van der Waals surface area contributed by atoms with Gasteiger partial charge in [0.25, 0.3) is 0 Å². The summed E-state index contributed by atoms with van der Waals surface area (Å²) >= 11 is 0. The highest BCUT2D eigenvalue weighted by atomic mass is 35.5. The van der Waals surface area contributed by atoms with Crippen LogP contribution < -0.4 is 12.4 Å². The maximum absolute atomic E-state index is 3.90. The number of quaternary nitrogens is 1. The number of nitrogens with zero attached hydrogens (tertiary/aromatic N) is 1. The molecule has 0 aliphatic heterocycles. The molecule has 0 aliphatic rings. The van der Waals surface area contributed by atoms with Crippen LogP contribution in [0.3, 0.4) is 0 Å². The van der Waals surface area contributed by atoms with Gasteiger partial charge in [0.05, 0.1) is 19.6 Å². The summed E-state index contributed by atoms with van der Waals surface area (Å²) in [7, 11) is 0. The van der Waals surface area contributed by atoms with Crippen molar-refractivity contribution in [1.29, 1.82) is 0 Å². The highest BCUT2D eigenvalue weighted by Crippen LogP contribution is 2.30. The molecule has 3 rings (SSSR count). The molecule has 0 heterocycles. The van der Waals surface area contributed by atoms with Crippen LogP contribution in [0.25, 0.3) is 11.3 Å². The molecule has 5 heteroatoms. The van der Waals surface area contributed by atoms with E-state index in [2.05, 4.69) is 117 Å². The standard InChI is InChI=1S/C27H30N.ClH.3H2O/c1-4-28(5-2,6-3)27(25-20-14-9-15-21-25)22-26(23-16-10-7-11-17-23)24-18-12-8-13-19-24;;;;/h7-21H,4-6H2,1-3H3;1H;3*1H2/q+1;;;;/p-1. The topological polar surface area (TPSA) is 94.5 Å². The molecule has 0 atom stereocenters. The third kappa shape index (κ3) is 6.91. The number of benzene rings is 3. The van der Waals surface area contributed by atoms with Crippen LogP contribution in [-0.2, 0) is 0 Å². The Labute approximate surface area is 198 Å². The van der Waals surface area contributed by atoms with Crippen LogP contribution in [0.4, 0.5) is 0 Å². The molecule has 4 nitrogen and oxygen atoms in total. The molecule has 3 aromatic rings. The molecular weight excluding hydrogens is 422 g/mol. The smallest absolute Gasteiger partial charge is 0.184 e. The van der Waals surface area contributed by atoms with E-state index in [-0.39, 0.29) is 28.8 Å². The quantitative estimate of drug-likeness (QED) is 0.376. The van der Waals surface area contributed by atoms with Crippen molar-refractivity contribution < 1.29 is 33.3 Å². The number of halogens is 1. The van der Waals surface area contributed by atoms with Gasteiger partial charge in [-0.3, -0.25) is 4.48 Å². The monoisotopic (exact) mass is 457 g/mol. The largest absolute Gasteiger partial charge is 1.00 e. The van der Waals surface area contributed by atoms with Gasteiger partial charge in [-0.1, -0.05) is 78.9 Å². The normalized spacial score (nSPS) is 9.59. The molecule has 0 radical (unpaired) electrons. The highest BCUT2D eigenvalue weighted by Gasteiger charge is 2.29. The van der Waals surface area contributed by atoms with Crippen LogP contribution in [0.1, 0.15) is 37.5 Å². The van der Waals surface area contributed by atoms with Crippen molar-refractivity contribution in [2.45, 2.75) is 20.8 Å². The molecule has 0 aliphatic carbocycles. The summed E-state index contributed by atoms with van der Waals surface area (Å²) in [4.78, 5) is 0. The van der Waals surface area contributed by atoms with Gasteiger partial charge in [0.1, 0.15) is 0 Å². The second kappa shape index (κ2) is 15.2. The minimum absolute atomic E-state index is 0. The molecular formula is C27H36ClNO3. The fourth-order valence-electron chi connectivity index (χ4n) is 3.84. The molecule has 6 N–H and O–H groups in total. The van der Waals surface area contributed by atoms with Crippen LogP contribution in [0.15, 0.2) is 96.7 Å². The summed E-state index contributed by atoms with van der Waals surface area (Å²) in [6, 6.07) is 32.0. The Morgan fingerprint density at radius 1 is 0.562 bits per heavy atom. The van der Waals surface area contributed by atoms with Gasteiger partial charge in [-0.2, -0.15) is 0 Å². The number of hydrogen-bond donors (Lipinski definition) is 0. The van der Waals surface area contributed by atoms with E-state index in [4.69, 9.17) is 0 Å². The zero-order chi connectivity index (χ0) is 19.8. The lowest BCUT2D eigenvalue weighted by Crippen LogP contribution is -3.00. The third-order valence-corrected chi connectivity index (χ3v) is 5.71. The number of hydrogen-bond acceptors (Lipinski definition) is 0. The van der Waals surface area contributed by atoms with E-state index in [1.807, 2.05) is 0 Å². The Balaban J connectivity index is 0. The van der Waals surface area contributed by atoms with E-state index in [1.165, 1.54) is 22.4 Å². The average Bonchev–Trinajstić information content (AvgIpc) is 2.79. The molecule has 0 bridgehead atoms. The van der Waals surface area contributed by atoms with Gasteiger partial charge in [0.15, 0.2) is 5.70 Å². The van der Waals surface area contributed by atoms with Gasteiger partial charge in [-0.25, -0.2) is 0 Å². The SMILES string of the molecule is CC[N+](CC)(CC)C(=C=C(c1ccccc1)c1ccccc1)c1ccccc1.O.O.O.[Cl-]. The molecule has 0 aromatic heterocycles. The van der Waals surface area contributed by atoms with E-state index in [0.29, 0.717) is 0 Å². The molecule has 0 saturated heterocycles. The summed E-state index contributed by atoms with van der Waals surface area (Å²) in [6.45, 7) is 9.97. The maximum Gasteiger partial charge on any atom is 0.184 e. The fourth-order valence-corrected chi connectivity index (χ4v) is 3.84. The Hall–Kier alpha value is -2.69. The van der Waals surface area contributed by atoms with Crippen molar-refractivity contribution in [2.75, 3.05) is 19.6 Å². The van der Waals surface area contributed by atoms with Crippen molar-refractivity contribution in [2.24, 2.45) is 0 Å². The van der Waals surface area contributed by atoms with E-state index in [0.717, 1.165) is 29.7 Å². The van der Waals surface area contributed by atoms with E-state index in [1.54, 1.807) is 0 Å². The summed E-state index contributed by atoms with van der Waals surface area (Å²) in [5, 5.41) is 0. The molecule has 32 heavy (non-hydrogen) atoms. The highest BCUT2D eigenvalue weighted by molar-refractivity contribution is 5.82. The van der Waals surface area contributed by atoms with Gasteiger partial charge >= 0.3 is 0 Å². The fraction of sp³-hybridized carbons (Fsp3) is 0.222. The summed E-state index contributed by atoms with van der Waals surface area (Å²) < 4.78 is 0.910. The Kier molecular flexibility index (Phi) is 14.9. The molecule has 0 spiro atoms. The Morgan fingerprint density at radius 3 is 1.19 bits per heavy atom. The van der Waals surface area contributed by atoms with Crippen molar-refractivity contribution >= 4 is 11.3 Å². The second-order valence-electron chi connectivity index (χ2n) is 7.04. The first-order valence-electron chi connectivity index (χ1n) is 10.3. The molecule has 0 saturated carbocycles. The summed E-state index contributed by atoms with van der Waals surface area (Å²) in [5.41, 5.74) is 9.96. The molecule has 0 fully saturated rings. The lowest BCUT2D eigenvalue weighted by atomic mass is 9.97. The van der Waals surface area contributed by atoms with Gasteiger partial charge in [-0.05, 0) is 49.8 Å². The minimum Gasteiger partial charge on any atom is -1.00 e. The molecule has 174 valence electrons. The summed E-state index contributed by atoms with van der Waals surface area (Å²) in [5.74, 6) is 0. The Bertz CT molecular complexity index is 900. The van der Waals surface area contributed by atoms with Crippen LogP contribution in [0, 0.1) is 0 Å². The first kappa shape index (κ1) is 31.5.